The average Bonchev–Trinajstić information content (AvgIpc) is 2.46. The van der Waals surface area contributed by atoms with Gasteiger partial charge in [-0.15, -0.1) is 0 Å². The summed E-state index contributed by atoms with van der Waals surface area (Å²) in [7, 11) is 0. The monoisotopic (exact) mass is 257 g/mol. The Morgan fingerprint density at radius 1 is 1.00 bits per heavy atom. The molecule has 0 saturated carbocycles. The van der Waals surface area contributed by atoms with Gasteiger partial charge in [0.1, 0.15) is 0 Å². The first-order valence-corrected chi connectivity index (χ1v) is 7.10. The second kappa shape index (κ2) is 6.08. The summed E-state index contributed by atoms with van der Waals surface area (Å²) in [5.41, 5.74) is 2.69. The second-order valence-corrected chi connectivity index (χ2v) is 5.57. The lowest BCUT2D eigenvalue weighted by molar-refractivity contribution is 0.231. The van der Waals surface area contributed by atoms with E-state index in [4.69, 9.17) is 5.26 Å². The molecule has 0 aliphatic carbocycles. The number of anilines is 1. The van der Waals surface area contributed by atoms with E-state index in [1.807, 2.05) is 6.92 Å². The van der Waals surface area contributed by atoms with Gasteiger partial charge >= 0.3 is 0 Å². The Balaban J connectivity index is 1.96. The summed E-state index contributed by atoms with van der Waals surface area (Å²) in [6.07, 6.45) is 0. The smallest absolute Gasteiger partial charge is 0.0950 e. The van der Waals surface area contributed by atoms with Crippen LogP contribution >= 0.6 is 0 Å². The third kappa shape index (κ3) is 3.27. The van der Waals surface area contributed by atoms with Gasteiger partial charge in [-0.1, -0.05) is 26.0 Å². The molecule has 1 aliphatic heterocycles. The van der Waals surface area contributed by atoms with Crippen LogP contribution < -0.4 is 4.90 Å². The highest BCUT2D eigenvalue weighted by atomic mass is 15.3. The largest absolute Gasteiger partial charge is 0.369 e. The maximum Gasteiger partial charge on any atom is 0.0950 e. The average molecular weight is 257 g/mol. The van der Waals surface area contributed by atoms with Gasteiger partial charge in [0.05, 0.1) is 12.1 Å². The standard InChI is InChI=1S/C16H23N3/c1-13(2)15-4-6-16(7-5-15)19-10-8-18(9-11-19)14(3)12-17/h4-7,13-14H,8-11H2,1-3H3. The first-order valence-electron chi connectivity index (χ1n) is 7.10. The van der Waals surface area contributed by atoms with E-state index in [2.05, 4.69) is 54.0 Å². The molecule has 3 heteroatoms. The van der Waals surface area contributed by atoms with Crippen molar-refractivity contribution in [2.75, 3.05) is 31.1 Å². The van der Waals surface area contributed by atoms with Crippen molar-refractivity contribution in [3.8, 4) is 6.07 Å². The van der Waals surface area contributed by atoms with Gasteiger partial charge in [0.2, 0.25) is 0 Å². The molecule has 1 heterocycles. The first kappa shape index (κ1) is 13.9. The Morgan fingerprint density at radius 2 is 1.58 bits per heavy atom. The number of nitriles is 1. The molecule has 19 heavy (non-hydrogen) atoms. The zero-order valence-corrected chi connectivity index (χ0v) is 12.1. The van der Waals surface area contributed by atoms with Crippen LogP contribution in [0, 0.1) is 11.3 Å². The van der Waals surface area contributed by atoms with Crippen molar-refractivity contribution in [1.29, 1.82) is 5.26 Å². The lowest BCUT2D eigenvalue weighted by Gasteiger charge is -2.37. The zero-order valence-electron chi connectivity index (χ0n) is 12.1. The Hall–Kier alpha value is -1.53. The maximum absolute atomic E-state index is 8.95. The van der Waals surface area contributed by atoms with Crippen LogP contribution in [0.4, 0.5) is 5.69 Å². The van der Waals surface area contributed by atoms with E-state index in [0.29, 0.717) is 5.92 Å². The molecule has 0 spiro atoms. The van der Waals surface area contributed by atoms with Gasteiger partial charge in [0.25, 0.3) is 0 Å². The zero-order chi connectivity index (χ0) is 13.8. The summed E-state index contributed by atoms with van der Waals surface area (Å²) in [5.74, 6) is 0.586. The fraction of sp³-hybridized carbons (Fsp3) is 0.562. The molecule has 0 N–H and O–H groups in total. The molecule has 2 rings (SSSR count). The van der Waals surface area contributed by atoms with E-state index in [-0.39, 0.29) is 6.04 Å². The van der Waals surface area contributed by atoms with Gasteiger partial charge in [-0.2, -0.15) is 5.26 Å². The molecule has 1 aromatic carbocycles. The van der Waals surface area contributed by atoms with Crippen molar-refractivity contribution in [1.82, 2.24) is 4.90 Å². The van der Waals surface area contributed by atoms with Crippen molar-refractivity contribution in [2.45, 2.75) is 32.7 Å². The van der Waals surface area contributed by atoms with Gasteiger partial charge in [-0.3, -0.25) is 4.90 Å². The van der Waals surface area contributed by atoms with Crippen molar-refractivity contribution in [3.63, 3.8) is 0 Å². The fourth-order valence-corrected chi connectivity index (χ4v) is 2.52. The third-order valence-corrected chi connectivity index (χ3v) is 3.97. The molecule has 0 radical (unpaired) electrons. The minimum Gasteiger partial charge on any atom is -0.369 e. The van der Waals surface area contributed by atoms with Crippen LogP contribution in [0.2, 0.25) is 0 Å². The van der Waals surface area contributed by atoms with Crippen LogP contribution in [0.25, 0.3) is 0 Å². The van der Waals surface area contributed by atoms with E-state index in [9.17, 15) is 0 Å². The van der Waals surface area contributed by atoms with E-state index in [1.54, 1.807) is 0 Å². The van der Waals surface area contributed by atoms with E-state index >= 15 is 0 Å². The Morgan fingerprint density at radius 3 is 2.05 bits per heavy atom. The van der Waals surface area contributed by atoms with Crippen LogP contribution in [-0.4, -0.2) is 37.1 Å². The molecular weight excluding hydrogens is 234 g/mol. The summed E-state index contributed by atoms with van der Waals surface area (Å²) in [6.45, 7) is 10.4. The fourth-order valence-electron chi connectivity index (χ4n) is 2.52. The number of hydrogen-bond donors (Lipinski definition) is 0. The molecular formula is C16H23N3. The van der Waals surface area contributed by atoms with Gasteiger partial charge < -0.3 is 4.90 Å². The van der Waals surface area contributed by atoms with Crippen LogP contribution in [0.5, 0.6) is 0 Å². The van der Waals surface area contributed by atoms with Crippen molar-refractivity contribution in [3.05, 3.63) is 29.8 Å². The van der Waals surface area contributed by atoms with Gasteiger partial charge in [0, 0.05) is 31.9 Å². The number of nitrogens with zero attached hydrogens (tertiary/aromatic N) is 3. The van der Waals surface area contributed by atoms with Crippen LogP contribution in [0.15, 0.2) is 24.3 Å². The number of benzene rings is 1. The molecule has 1 unspecified atom stereocenters. The van der Waals surface area contributed by atoms with E-state index < -0.39 is 0 Å². The third-order valence-electron chi connectivity index (χ3n) is 3.97. The van der Waals surface area contributed by atoms with Gasteiger partial charge in [0.15, 0.2) is 0 Å². The van der Waals surface area contributed by atoms with Crippen LogP contribution in [0.1, 0.15) is 32.3 Å². The molecule has 1 fully saturated rings. The Bertz CT molecular complexity index is 436. The maximum atomic E-state index is 8.95. The van der Waals surface area contributed by atoms with Crippen molar-refractivity contribution >= 4 is 5.69 Å². The lowest BCUT2D eigenvalue weighted by atomic mass is 10.0. The minimum atomic E-state index is 0.0328. The lowest BCUT2D eigenvalue weighted by Crippen LogP contribution is -2.49. The highest BCUT2D eigenvalue weighted by Gasteiger charge is 2.20. The predicted octanol–water partition coefficient (Wildman–Crippen LogP) is 2.84. The molecule has 1 saturated heterocycles. The van der Waals surface area contributed by atoms with Gasteiger partial charge in [-0.25, -0.2) is 0 Å². The molecule has 1 aliphatic rings. The molecule has 3 nitrogen and oxygen atoms in total. The quantitative estimate of drug-likeness (QED) is 0.834. The van der Waals surface area contributed by atoms with Gasteiger partial charge in [-0.05, 0) is 30.5 Å². The highest BCUT2D eigenvalue weighted by Crippen LogP contribution is 2.21. The summed E-state index contributed by atoms with van der Waals surface area (Å²) >= 11 is 0. The molecule has 0 bridgehead atoms. The molecule has 1 atom stereocenters. The summed E-state index contributed by atoms with van der Waals surface area (Å²) < 4.78 is 0. The normalized spacial score (nSPS) is 18.4. The SMILES string of the molecule is CC(C)c1ccc(N2CCN(C(C)C#N)CC2)cc1. The van der Waals surface area contributed by atoms with Crippen LogP contribution in [0.3, 0.4) is 0 Å². The Labute approximate surface area is 116 Å². The molecule has 0 aromatic heterocycles. The minimum absolute atomic E-state index is 0.0328. The topological polar surface area (TPSA) is 30.3 Å². The number of hydrogen-bond acceptors (Lipinski definition) is 3. The summed E-state index contributed by atoms with van der Waals surface area (Å²) in [6, 6.07) is 11.2. The number of piperazine rings is 1. The van der Waals surface area contributed by atoms with E-state index in [0.717, 1.165) is 26.2 Å². The predicted molar refractivity (Wildman–Crippen MR) is 79.4 cm³/mol. The van der Waals surface area contributed by atoms with Crippen molar-refractivity contribution < 1.29 is 0 Å². The Kier molecular flexibility index (Phi) is 4.44. The first-order chi connectivity index (χ1) is 9.11. The second-order valence-electron chi connectivity index (χ2n) is 5.57. The number of rotatable bonds is 3. The summed E-state index contributed by atoms with van der Waals surface area (Å²) in [5, 5.41) is 8.95. The van der Waals surface area contributed by atoms with Crippen LogP contribution in [-0.2, 0) is 0 Å². The van der Waals surface area contributed by atoms with Crippen molar-refractivity contribution in [2.24, 2.45) is 0 Å². The molecule has 0 amide bonds. The summed E-state index contributed by atoms with van der Waals surface area (Å²) in [4.78, 5) is 4.66. The van der Waals surface area contributed by atoms with E-state index in [1.165, 1.54) is 11.3 Å². The highest BCUT2D eigenvalue weighted by molar-refractivity contribution is 5.48. The molecule has 102 valence electrons. The molecule has 1 aromatic rings.